The SMILES string of the molecule is COc1ccc2ccn(C3CCC3N(C)C)c2c1F. The van der Waals surface area contributed by atoms with Crippen LogP contribution in [0, 0.1) is 5.82 Å². The second-order valence-electron chi connectivity index (χ2n) is 5.42. The highest BCUT2D eigenvalue weighted by Crippen LogP contribution is 2.39. The Morgan fingerprint density at radius 2 is 2.05 bits per heavy atom. The van der Waals surface area contributed by atoms with Crippen LogP contribution in [0.2, 0.25) is 0 Å². The van der Waals surface area contributed by atoms with Gasteiger partial charge in [0.25, 0.3) is 0 Å². The van der Waals surface area contributed by atoms with Gasteiger partial charge in [0.1, 0.15) is 0 Å². The number of likely N-dealkylation sites (N-methyl/N-ethyl adjacent to an activating group) is 1. The molecule has 1 aromatic heterocycles. The predicted molar refractivity (Wildman–Crippen MR) is 74.2 cm³/mol. The van der Waals surface area contributed by atoms with Crippen molar-refractivity contribution in [3.63, 3.8) is 0 Å². The summed E-state index contributed by atoms with van der Waals surface area (Å²) in [6, 6.07) is 6.42. The minimum Gasteiger partial charge on any atom is -0.494 e. The van der Waals surface area contributed by atoms with Gasteiger partial charge < -0.3 is 14.2 Å². The molecule has 1 aliphatic carbocycles. The molecule has 1 saturated carbocycles. The van der Waals surface area contributed by atoms with E-state index in [9.17, 15) is 4.39 Å². The van der Waals surface area contributed by atoms with Crippen molar-refractivity contribution in [2.24, 2.45) is 0 Å². The van der Waals surface area contributed by atoms with Gasteiger partial charge in [-0.2, -0.15) is 0 Å². The lowest BCUT2D eigenvalue weighted by molar-refractivity contribution is 0.116. The van der Waals surface area contributed by atoms with Crippen molar-refractivity contribution in [2.45, 2.75) is 24.9 Å². The number of ether oxygens (including phenoxy) is 1. The highest BCUT2D eigenvalue weighted by molar-refractivity contribution is 5.82. The van der Waals surface area contributed by atoms with Gasteiger partial charge in [-0.1, -0.05) is 0 Å². The van der Waals surface area contributed by atoms with Crippen molar-refractivity contribution in [3.8, 4) is 5.75 Å². The molecule has 0 radical (unpaired) electrons. The van der Waals surface area contributed by atoms with E-state index >= 15 is 0 Å². The van der Waals surface area contributed by atoms with Crippen molar-refractivity contribution in [1.82, 2.24) is 9.47 Å². The highest BCUT2D eigenvalue weighted by Gasteiger charge is 2.34. The summed E-state index contributed by atoms with van der Waals surface area (Å²) in [5.74, 6) is 0.0579. The molecule has 2 aromatic rings. The normalized spacial score (nSPS) is 22.8. The topological polar surface area (TPSA) is 17.4 Å². The van der Waals surface area contributed by atoms with Gasteiger partial charge in [0.15, 0.2) is 11.6 Å². The molecule has 1 aliphatic rings. The Kier molecular flexibility index (Phi) is 2.97. The van der Waals surface area contributed by atoms with Crippen molar-refractivity contribution in [3.05, 3.63) is 30.2 Å². The third-order valence-corrected chi connectivity index (χ3v) is 4.23. The van der Waals surface area contributed by atoms with Gasteiger partial charge in [-0.15, -0.1) is 0 Å². The maximum absolute atomic E-state index is 14.5. The van der Waals surface area contributed by atoms with Crippen LogP contribution in [0.4, 0.5) is 4.39 Å². The van der Waals surface area contributed by atoms with E-state index in [4.69, 9.17) is 4.74 Å². The largest absolute Gasteiger partial charge is 0.494 e. The Morgan fingerprint density at radius 1 is 1.26 bits per heavy atom. The molecule has 3 rings (SSSR count). The van der Waals surface area contributed by atoms with E-state index in [2.05, 4.69) is 23.6 Å². The zero-order chi connectivity index (χ0) is 13.6. The molecule has 3 nitrogen and oxygen atoms in total. The van der Waals surface area contributed by atoms with Crippen LogP contribution in [0.25, 0.3) is 10.9 Å². The summed E-state index contributed by atoms with van der Waals surface area (Å²) in [7, 11) is 5.67. The summed E-state index contributed by atoms with van der Waals surface area (Å²) in [5.41, 5.74) is 0.663. The first-order chi connectivity index (χ1) is 9.13. The minimum atomic E-state index is -0.255. The molecular formula is C15H19FN2O. The quantitative estimate of drug-likeness (QED) is 0.846. The smallest absolute Gasteiger partial charge is 0.189 e. The van der Waals surface area contributed by atoms with Crippen LogP contribution in [0.1, 0.15) is 18.9 Å². The molecule has 2 unspecified atom stereocenters. The van der Waals surface area contributed by atoms with Crippen LogP contribution in [-0.2, 0) is 0 Å². The van der Waals surface area contributed by atoms with E-state index in [-0.39, 0.29) is 5.82 Å². The lowest BCUT2D eigenvalue weighted by atomic mass is 9.85. The van der Waals surface area contributed by atoms with E-state index in [1.54, 1.807) is 6.07 Å². The number of fused-ring (bicyclic) bond motifs is 1. The van der Waals surface area contributed by atoms with Gasteiger partial charge >= 0.3 is 0 Å². The van der Waals surface area contributed by atoms with Crippen LogP contribution >= 0.6 is 0 Å². The van der Waals surface area contributed by atoms with E-state index in [0.29, 0.717) is 23.3 Å². The van der Waals surface area contributed by atoms with Crippen molar-refractivity contribution in [2.75, 3.05) is 21.2 Å². The molecular weight excluding hydrogens is 243 g/mol. The molecule has 0 amide bonds. The Hall–Kier alpha value is -1.55. The van der Waals surface area contributed by atoms with Gasteiger partial charge in [0.2, 0.25) is 0 Å². The second kappa shape index (κ2) is 4.53. The number of methoxy groups -OCH3 is 1. The van der Waals surface area contributed by atoms with Crippen LogP contribution in [0.3, 0.4) is 0 Å². The molecule has 1 aromatic carbocycles. The minimum absolute atomic E-state index is 0.255. The summed E-state index contributed by atoms with van der Waals surface area (Å²) >= 11 is 0. The zero-order valence-electron chi connectivity index (χ0n) is 11.6. The molecule has 0 saturated heterocycles. The summed E-state index contributed by atoms with van der Waals surface area (Å²) < 4.78 is 21.6. The maximum atomic E-state index is 14.5. The standard InChI is InChI=1S/C15H19FN2O/c1-17(2)11-5-6-12(11)18-9-8-10-4-7-13(19-3)14(16)15(10)18/h4,7-9,11-12H,5-6H2,1-3H3. The number of halogens is 1. The summed E-state index contributed by atoms with van der Waals surface area (Å²) in [4.78, 5) is 2.22. The van der Waals surface area contributed by atoms with E-state index in [1.807, 2.05) is 18.3 Å². The van der Waals surface area contributed by atoms with Gasteiger partial charge in [0, 0.05) is 23.7 Å². The Morgan fingerprint density at radius 3 is 2.63 bits per heavy atom. The van der Waals surface area contributed by atoms with E-state index in [1.165, 1.54) is 13.5 Å². The second-order valence-corrected chi connectivity index (χ2v) is 5.42. The first kappa shape index (κ1) is 12.5. The molecule has 0 bridgehead atoms. The lowest BCUT2D eigenvalue weighted by Crippen LogP contribution is -2.44. The van der Waals surface area contributed by atoms with E-state index < -0.39 is 0 Å². The van der Waals surface area contributed by atoms with Gasteiger partial charge in [0.05, 0.1) is 12.6 Å². The number of hydrogen-bond acceptors (Lipinski definition) is 2. The number of aromatic nitrogens is 1. The molecule has 0 aliphatic heterocycles. The van der Waals surface area contributed by atoms with E-state index in [0.717, 1.165) is 11.8 Å². The fraction of sp³-hybridized carbons (Fsp3) is 0.467. The first-order valence-corrected chi connectivity index (χ1v) is 6.63. The first-order valence-electron chi connectivity index (χ1n) is 6.63. The van der Waals surface area contributed by atoms with Crippen LogP contribution < -0.4 is 4.74 Å². The molecule has 0 N–H and O–H groups in total. The van der Waals surface area contributed by atoms with Crippen molar-refractivity contribution < 1.29 is 9.13 Å². The molecule has 1 heterocycles. The lowest BCUT2D eigenvalue weighted by Gasteiger charge is -2.42. The third-order valence-electron chi connectivity index (χ3n) is 4.23. The van der Waals surface area contributed by atoms with Crippen LogP contribution in [-0.4, -0.2) is 36.7 Å². The number of benzene rings is 1. The van der Waals surface area contributed by atoms with Crippen LogP contribution in [0.15, 0.2) is 24.4 Å². The predicted octanol–water partition coefficient (Wildman–Crippen LogP) is 3.05. The van der Waals surface area contributed by atoms with Crippen LogP contribution in [0.5, 0.6) is 5.75 Å². The number of nitrogens with zero attached hydrogens (tertiary/aromatic N) is 2. The molecule has 1 fully saturated rings. The van der Waals surface area contributed by atoms with Gasteiger partial charge in [-0.3, -0.25) is 0 Å². The highest BCUT2D eigenvalue weighted by atomic mass is 19.1. The fourth-order valence-corrected chi connectivity index (χ4v) is 3.02. The zero-order valence-corrected chi connectivity index (χ0v) is 11.6. The van der Waals surface area contributed by atoms with Crippen molar-refractivity contribution >= 4 is 10.9 Å². The molecule has 19 heavy (non-hydrogen) atoms. The monoisotopic (exact) mass is 262 g/mol. The fourth-order valence-electron chi connectivity index (χ4n) is 3.02. The summed E-state index contributed by atoms with van der Waals surface area (Å²) in [5, 5.41) is 0.933. The van der Waals surface area contributed by atoms with Crippen molar-refractivity contribution in [1.29, 1.82) is 0 Å². The molecule has 0 spiro atoms. The Labute approximate surface area is 112 Å². The Bertz CT molecular complexity index is 605. The van der Waals surface area contributed by atoms with Gasteiger partial charge in [-0.05, 0) is 45.1 Å². The molecule has 4 heteroatoms. The number of hydrogen-bond donors (Lipinski definition) is 0. The Balaban J connectivity index is 2.09. The average molecular weight is 262 g/mol. The summed E-state index contributed by atoms with van der Waals surface area (Å²) in [6.45, 7) is 0. The van der Waals surface area contributed by atoms with Gasteiger partial charge in [-0.25, -0.2) is 4.39 Å². The average Bonchev–Trinajstić information content (AvgIpc) is 2.72. The molecule has 2 atom stereocenters. The summed E-state index contributed by atoms with van der Waals surface area (Å²) in [6.07, 6.45) is 4.26. The maximum Gasteiger partial charge on any atom is 0.189 e. The number of rotatable bonds is 3. The third kappa shape index (κ3) is 1.82. The molecule has 102 valence electrons.